The van der Waals surface area contributed by atoms with Crippen molar-refractivity contribution >= 4 is 27.6 Å². The van der Waals surface area contributed by atoms with Crippen LogP contribution in [0.1, 0.15) is 31.1 Å². The first-order chi connectivity index (χ1) is 7.76. The number of nitrogen functional groups attached to an aromatic ring is 1. The number of hydrogen-bond acceptors (Lipinski definition) is 4. The highest BCUT2D eigenvalue weighted by Crippen LogP contribution is 2.33. The molecule has 0 aliphatic rings. The number of methoxy groups -OCH3 is 1. The van der Waals surface area contributed by atoms with Crippen molar-refractivity contribution < 1.29 is 14.3 Å². The normalized spacial score (nSPS) is 11.1. The average molecular weight is 302 g/mol. The van der Waals surface area contributed by atoms with Gasteiger partial charge in [0.25, 0.3) is 0 Å². The lowest BCUT2D eigenvalue weighted by Crippen LogP contribution is -2.24. The number of carbonyl (C=O) groups excluding carboxylic acids is 1. The van der Waals surface area contributed by atoms with E-state index in [9.17, 15) is 4.79 Å². The fraction of sp³-hybridized carbons (Fsp3) is 0.417. The molecule has 0 aromatic heterocycles. The number of halogens is 1. The Labute approximate surface area is 109 Å². The van der Waals surface area contributed by atoms with Crippen LogP contribution in [-0.4, -0.2) is 18.7 Å². The smallest absolute Gasteiger partial charge is 0.343 e. The molecular formula is C12H16BrNO3. The van der Waals surface area contributed by atoms with Crippen molar-refractivity contribution in [3.05, 3.63) is 22.2 Å². The van der Waals surface area contributed by atoms with Crippen molar-refractivity contribution in [2.75, 3.05) is 12.8 Å². The van der Waals surface area contributed by atoms with E-state index in [2.05, 4.69) is 15.9 Å². The highest BCUT2D eigenvalue weighted by molar-refractivity contribution is 9.10. The van der Waals surface area contributed by atoms with Crippen molar-refractivity contribution in [1.29, 1.82) is 0 Å². The molecule has 94 valence electrons. The van der Waals surface area contributed by atoms with Gasteiger partial charge < -0.3 is 15.2 Å². The Morgan fingerprint density at radius 3 is 2.41 bits per heavy atom. The van der Waals surface area contributed by atoms with E-state index in [1.807, 2.05) is 0 Å². The Bertz CT molecular complexity index is 438. The standard InChI is InChI=1S/C12H16BrNO3/c1-12(2,3)17-11(15)9-8(16-4)6-5-7(14)10(9)13/h5-6H,14H2,1-4H3. The largest absolute Gasteiger partial charge is 0.496 e. The quantitative estimate of drug-likeness (QED) is 0.674. The summed E-state index contributed by atoms with van der Waals surface area (Å²) in [6.45, 7) is 5.41. The fourth-order valence-electron chi connectivity index (χ4n) is 1.26. The van der Waals surface area contributed by atoms with E-state index >= 15 is 0 Å². The second-order valence-electron chi connectivity index (χ2n) is 4.55. The van der Waals surface area contributed by atoms with Crippen LogP contribution >= 0.6 is 15.9 Å². The minimum atomic E-state index is -0.563. The summed E-state index contributed by atoms with van der Waals surface area (Å²) in [7, 11) is 1.49. The lowest BCUT2D eigenvalue weighted by Gasteiger charge is -2.21. The summed E-state index contributed by atoms with van der Waals surface area (Å²) in [4.78, 5) is 12.0. The van der Waals surface area contributed by atoms with Gasteiger partial charge >= 0.3 is 5.97 Å². The molecule has 5 heteroatoms. The van der Waals surface area contributed by atoms with Crippen LogP contribution in [-0.2, 0) is 4.74 Å². The molecule has 0 aliphatic heterocycles. The van der Waals surface area contributed by atoms with E-state index in [4.69, 9.17) is 15.2 Å². The molecule has 0 amide bonds. The molecule has 17 heavy (non-hydrogen) atoms. The minimum Gasteiger partial charge on any atom is -0.496 e. The number of ether oxygens (including phenoxy) is 2. The summed E-state index contributed by atoms with van der Waals surface area (Å²) in [5.74, 6) is -0.0335. The molecule has 0 saturated heterocycles. The van der Waals surface area contributed by atoms with Crippen LogP contribution in [0.5, 0.6) is 5.75 Å². The molecule has 1 rings (SSSR count). The first-order valence-corrected chi connectivity index (χ1v) is 5.91. The van der Waals surface area contributed by atoms with Gasteiger partial charge in [-0.3, -0.25) is 0 Å². The van der Waals surface area contributed by atoms with Gasteiger partial charge in [-0.15, -0.1) is 0 Å². The van der Waals surface area contributed by atoms with Crippen molar-refractivity contribution in [3.63, 3.8) is 0 Å². The Hall–Kier alpha value is -1.23. The Morgan fingerprint density at radius 2 is 1.94 bits per heavy atom. The van der Waals surface area contributed by atoms with Crippen molar-refractivity contribution in [3.8, 4) is 5.75 Å². The average Bonchev–Trinajstić information content (AvgIpc) is 2.19. The Balaban J connectivity index is 3.20. The Morgan fingerprint density at radius 1 is 1.35 bits per heavy atom. The molecule has 0 atom stereocenters. The highest BCUT2D eigenvalue weighted by atomic mass is 79.9. The maximum absolute atomic E-state index is 12.0. The van der Waals surface area contributed by atoms with Gasteiger partial charge in [0.1, 0.15) is 16.9 Å². The first kappa shape index (κ1) is 13.8. The van der Waals surface area contributed by atoms with Gasteiger partial charge in [0.15, 0.2) is 0 Å². The molecule has 1 aromatic carbocycles. The maximum Gasteiger partial charge on any atom is 0.343 e. The summed E-state index contributed by atoms with van der Waals surface area (Å²) in [6, 6.07) is 3.30. The zero-order valence-corrected chi connectivity index (χ0v) is 11.9. The summed E-state index contributed by atoms with van der Waals surface area (Å²) < 4.78 is 10.9. The van der Waals surface area contributed by atoms with Crippen LogP contribution in [0.15, 0.2) is 16.6 Å². The van der Waals surface area contributed by atoms with Gasteiger partial charge in [0.2, 0.25) is 0 Å². The second kappa shape index (κ2) is 4.96. The molecule has 0 radical (unpaired) electrons. The number of hydrogen-bond donors (Lipinski definition) is 1. The van der Waals surface area contributed by atoms with Crippen LogP contribution in [0.4, 0.5) is 5.69 Å². The zero-order valence-electron chi connectivity index (χ0n) is 10.3. The SMILES string of the molecule is COc1ccc(N)c(Br)c1C(=O)OC(C)(C)C. The molecule has 0 unspecified atom stereocenters. The van der Waals surface area contributed by atoms with Gasteiger partial charge in [0, 0.05) is 5.69 Å². The van der Waals surface area contributed by atoms with E-state index < -0.39 is 11.6 Å². The van der Waals surface area contributed by atoms with Crippen LogP contribution < -0.4 is 10.5 Å². The molecule has 0 fully saturated rings. The summed E-state index contributed by atoms with van der Waals surface area (Å²) in [6.07, 6.45) is 0. The summed E-state index contributed by atoms with van der Waals surface area (Å²) >= 11 is 3.27. The van der Waals surface area contributed by atoms with Crippen molar-refractivity contribution in [2.24, 2.45) is 0 Å². The lowest BCUT2D eigenvalue weighted by molar-refractivity contribution is 0.00655. The molecule has 0 bridgehead atoms. The van der Waals surface area contributed by atoms with Gasteiger partial charge in [-0.2, -0.15) is 0 Å². The van der Waals surface area contributed by atoms with E-state index in [1.54, 1.807) is 32.9 Å². The summed E-state index contributed by atoms with van der Waals surface area (Å²) in [5, 5.41) is 0. The third-order valence-electron chi connectivity index (χ3n) is 1.96. The molecule has 0 saturated carbocycles. The van der Waals surface area contributed by atoms with E-state index in [0.29, 0.717) is 21.5 Å². The van der Waals surface area contributed by atoms with Crippen LogP contribution in [0.25, 0.3) is 0 Å². The molecule has 2 N–H and O–H groups in total. The number of nitrogens with two attached hydrogens (primary N) is 1. The number of esters is 1. The monoisotopic (exact) mass is 301 g/mol. The predicted octanol–water partition coefficient (Wildman–Crippen LogP) is 3.00. The Kier molecular flexibility index (Phi) is 4.03. The number of rotatable bonds is 2. The van der Waals surface area contributed by atoms with E-state index in [1.165, 1.54) is 7.11 Å². The van der Waals surface area contributed by atoms with E-state index in [-0.39, 0.29) is 0 Å². The second-order valence-corrected chi connectivity index (χ2v) is 5.34. The van der Waals surface area contributed by atoms with Gasteiger partial charge in [-0.05, 0) is 48.8 Å². The topological polar surface area (TPSA) is 61.5 Å². The zero-order chi connectivity index (χ0) is 13.2. The molecule has 0 spiro atoms. The third-order valence-corrected chi connectivity index (χ3v) is 2.81. The number of anilines is 1. The van der Waals surface area contributed by atoms with Gasteiger partial charge in [0.05, 0.1) is 11.6 Å². The highest BCUT2D eigenvalue weighted by Gasteiger charge is 2.24. The summed E-state index contributed by atoms with van der Waals surface area (Å²) in [5.41, 5.74) is 5.94. The molecular weight excluding hydrogens is 286 g/mol. The lowest BCUT2D eigenvalue weighted by atomic mass is 10.1. The molecule has 0 heterocycles. The van der Waals surface area contributed by atoms with Crippen LogP contribution in [0.3, 0.4) is 0 Å². The number of benzene rings is 1. The first-order valence-electron chi connectivity index (χ1n) is 5.11. The third kappa shape index (κ3) is 3.36. The number of carbonyl (C=O) groups is 1. The molecule has 4 nitrogen and oxygen atoms in total. The van der Waals surface area contributed by atoms with Gasteiger partial charge in [-0.1, -0.05) is 0 Å². The van der Waals surface area contributed by atoms with Crippen molar-refractivity contribution in [2.45, 2.75) is 26.4 Å². The predicted molar refractivity (Wildman–Crippen MR) is 70.3 cm³/mol. The molecule has 1 aromatic rings. The van der Waals surface area contributed by atoms with Crippen LogP contribution in [0.2, 0.25) is 0 Å². The maximum atomic E-state index is 12.0. The minimum absolute atomic E-state index is 0.308. The van der Waals surface area contributed by atoms with Gasteiger partial charge in [-0.25, -0.2) is 4.79 Å². The van der Waals surface area contributed by atoms with Crippen molar-refractivity contribution in [1.82, 2.24) is 0 Å². The fourth-order valence-corrected chi connectivity index (χ4v) is 1.75. The van der Waals surface area contributed by atoms with Crippen LogP contribution in [0, 0.1) is 0 Å². The molecule has 0 aliphatic carbocycles. The van der Waals surface area contributed by atoms with E-state index in [0.717, 1.165) is 0 Å².